The third kappa shape index (κ3) is 2.23. The first-order chi connectivity index (χ1) is 9.83. The van der Waals surface area contributed by atoms with Gasteiger partial charge in [-0.25, -0.2) is 9.97 Å². The van der Waals surface area contributed by atoms with Gasteiger partial charge in [-0.15, -0.1) is 11.8 Å². The number of benzene rings is 1. The van der Waals surface area contributed by atoms with Crippen LogP contribution in [0.1, 0.15) is 16.7 Å². The molecular weight excluding hydrogens is 268 g/mol. The molecule has 3 rings (SSSR count). The van der Waals surface area contributed by atoms with Crippen molar-refractivity contribution in [2.75, 3.05) is 17.7 Å². The van der Waals surface area contributed by atoms with Crippen LogP contribution in [0.2, 0.25) is 0 Å². The van der Waals surface area contributed by atoms with Crippen molar-refractivity contribution in [1.29, 1.82) is 5.26 Å². The largest absolute Gasteiger partial charge is 0.351 e. The topological polar surface area (TPSA) is 52.8 Å². The van der Waals surface area contributed by atoms with Crippen molar-refractivity contribution in [3.63, 3.8) is 0 Å². The maximum Gasteiger partial charge on any atom is 0.151 e. The van der Waals surface area contributed by atoms with Crippen LogP contribution in [-0.2, 0) is 13.0 Å². The molecule has 0 atom stereocenters. The van der Waals surface area contributed by atoms with Gasteiger partial charge >= 0.3 is 0 Å². The zero-order valence-electron chi connectivity index (χ0n) is 11.2. The Morgan fingerprint density at radius 1 is 1.25 bits per heavy atom. The van der Waals surface area contributed by atoms with Crippen LogP contribution in [0, 0.1) is 11.3 Å². The minimum Gasteiger partial charge on any atom is -0.351 e. The molecule has 1 aromatic carbocycles. The fraction of sp³-hybridized carbons (Fsp3) is 0.267. The summed E-state index contributed by atoms with van der Waals surface area (Å²) >= 11 is 1.48. The number of thioether (sulfide) groups is 1. The summed E-state index contributed by atoms with van der Waals surface area (Å²) in [5.41, 5.74) is 3.28. The Morgan fingerprint density at radius 2 is 2.05 bits per heavy atom. The molecule has 2 heterocycles. The lowest BCUT2D eigenvalue weighted by Crippen LogP contribution is -2.31. The van der Waals surface area contributed by atoms with E-state index in [0.717, 1.165) is 30.4 Å². The molecule has 5 heteroatoms. The van der Waals surface area contributed by atoms with Gasteiger partial charge < -0.3 is 4.90 Å². The molecule has 4 nitrogen and oxygen atoms in total. The van der Waals surface area contributed by atoms with Gasteiger partial charge in [0.1, 0.15) is 23.0 Å². The van der Waals surface area contributed by atoms with Gasteiger partial charge in [0.05, 0.1) is 0 Å². The van der Waals surface area contributed by atoms with Crippen LogP contribution in [-0.4, -0.2) is 22.8 Å². The average molecular weight is 282 g/mol. The quantitative estimate of drug-likeness (QED) is 0.626. The molecule has 0 saturated heterocycles. The van der Waals surface area contributed by atoms with Crippen LogP contribution in [0.4, 0.5) is 5.82 Å². The second-order valence-electron chi connectivity index (χ2n) is 4.63. The molecule has 0 unspecified atom stereocenters. The van der Waals surface area contributed by atoms with E-state index in [4.69, 9.17) is 0 Å². The fourth-order valence-electron chi connectivity index (χ4n) is 2.53. The second-order valence-corrected chi connectivity index (χ2v) is 5.43. The third-order valence-electron chi connectivity index (χ3n) is 3.53. The van der Waals surface area contributed by atoms with Gasteiger partial charge in [0.15, 0.2) is 5.82 Å². The molecule has 100 valence electrons. The first kappa shape index (κ1) is 12.9. The highest BCUT2D eigenvalue weighted by atomic mass is 32.2. The Hall–Kier alpha value is -2.06. The first-order valence-corrected chi connectivity index (χ1v) is 7.66. The number of rotatable bonds is 2. The Balaban J connectivity index is 1.98. The lowest BCUT2D eigenvalue weighted by Gasteiger charge is -2.30. The van der Waals surface area contributed by atoms with E-state index in [9.17, 15) is 5.26 Å². The molecule has 1 aromatic heterocycles. The molecule has 20 heavy (non-hydrogen) atoms. The predicted molar refractivity (Wildman–Crippen MR) is 79.7 cm³/mol. The van der Waals surface area contributed by atoms with Crippen LogP contribution in [0.25, 0.3) is 0 Å². The van der Waals surface area contributed by atoms with Crippen molar-refractivity contribution in [2.45, 2.75) is 18.0 Å². The van der Waals surface area contributed by atoms with Crippen LogP contribution in [0.15, 0.2) is 35.6 Å². The molecule has 0 fully saturated rings. The highest BCUT2D eigenvalue weighted by Gasteiger charge is 2.21. The summed E-state index contributed by atoms with van der Waals surface area (Å²) in [5.74, 6) is 0.751. The monoisotopic (exact) mass is 282 g/mol. The maximum absolute atomic E-state index is 9.39. The Labute approximate surface area is 122 Å². The number of aromatic nitrogens is 2. The smallest absolute Gasteiger partial charge is 0.151 e. The predicted octanol–water partition coefficient (Wildman–Crippen LogP) is 2.63. The standard InChI is InChI=1S/C15H14N4S/c1-20-15-13(8-16)14(17-10-18-15)19-7-6-11-4-2-3-5-12(11)9-19/h2-5,10H,6-7,9H2,1H3. The van der Waals surface area contributed by atoms with Crippen molar-refractivity contribution in [3.8, 4) is 6.07 Å². The van der Waals surface area contributed by atoms with Gasteiger partial charge in [0.2, 0.25) is 0 Å². The zero-order valence-corrected chi connectivity index (χ0v) is 12.0. The van der Waals surface area contributed by atoms with Crippen LogP contribution < -0.4 is 4.90 Å². The summed E-state index contributed by atoms with van der Waals surface area (Å²) in [4.78, 5) is 10.7. The van der Waals surface area contributed by atoms with Crippen molar-refractivity contribution in [1.82, 2.24) is 9.97 Å². The van der Waals surface area contributed by atoms with Crippen molar-refractivity contribution < 1.29 is 0 Å². The summed E-state index contributed by atoms with van der Waals surface area (Å²) < 4.78 is 0. The summed E-state index contributed by atoms with van der Waals surface area (Å²) in [5, 5.41) is 10.1. The van der Waals surface area contributed by atoms with E-state index >= 15 is 0 Å². The normalized spacial score (nSPS) is 13.7. The van der Waals surface area contributed by atoms with Crippen molar-refractivity contribution >= 4 is 17.6 Å². The van der Waals surface area contributed by atoms with Gasteiger partial charge in [-0.3, -0.25) is 0 Å². The summed E-state index contributed by atoms with van der Waals surface area (Å²) in [6, 6.07) is 10.7. The molecule has 0 amide bonds. The van der Waals surface area contributed by atoms with Gasteiger partial charge in [-0.1, -0.05) is 24.3 Å². The fourth-order valence-corrected chi connectivity index (χ4v) is 3.02. The molecule has 0 radical (unpaired) electrons. The van der Waals surface area contributed by atoms with E-state index in [1.165, 1.54) is 22.9 Å². The summed E-state index contributed by atoms with van der Waals surface area (Å²) in [6.45, 7) is 1.69. The van der Waals surface area contributed by atoms with E-state index in [2.05, 4.69) is 45.2 Å². The molecule has 0 aliphatic carbocycles. The molecule has 2 aromatic rings. The number of nitriles is 1. The number of hydrogen-bond acceptors (Lipinski definition) is 5. The number of hydrogen-bond donors (Lipinski definition) is 0. The third-order valence-corrected chi connectivity index (χ3v) is 4.22. The molecule has 0 N–H and O–H groups in total. The summed E-state index contributed by atoms with van der Waals surface area (Å²) in [6.07, 6.45) is 4.46. The van der Waals surface area contributed by atoms with Gasteiger partial charge in [0.25, 0.3) is 0 Å². The Bertz CT molecular complexity index is 678. The highest BCUT2D eigenvalue weighted by Crippen LogP contribution is 2.28. The summed E-state index contributed by atoms with van der Waals surface area (Å²) in [7, 11) is 0. The maximum atomic E-state index is 9.39. The lowest BCUT2D eigenvalue weighted by atomic mass is 10.00. The van der Waals surface area contributed by atoms with E-state index in [1.807, 2.05) is 6.26 Å². The van der Waals surface area contributed by atoms with Crippen LogP contribution >= 0.6 is 11.8 Å². The van der Waals surface area contributed by atoms with Crippen molar-refractivity contribution in [2.24, 2.45) is 0 Å². The van der Waals surface area contributed by atoms with E-state index in [0.29, 0.717) is 5.56 Å². The minimum atomic E-state index is 0.583. The Kier molecular flexibility index (Phi) is 3.57. The lowest BCUT2D eigenvalue weighted by molar-refractivity contribution is 0.714. The molecule has 0 saturated carbocycles. The number of nitrogens with zero attached hydrogens (tertiary/aromatic N) is 4. The minimum absolute atomic E-state index is 0.583. The highest BCUT2D eigenvalue weighted by molar-refractivity contribution is 7.98. The SMILES string of the molecule is CSc1ncnc(N2CCc3ccccc3C2)c1C#N. The molecule has 1 aliphatic rings. The van der Waals surface area contributed by atoms with Crippen molar-refractivity contribution in [3.05, 3.63) is 47.3 Å². The van der Waals surface area contributed by atoms with E-state index < -0.39 is 0 Å². The van der Waals surface area contributed by atoms with Gasteiger partial charge in [-0.2, -0.15) is 5.26 Å². The molecular formula is C15H14N4S. The number of anilines is 1. The van der Waals surface area contributed by atoms with Gasteiger partial charge in [0, 0.05) is 13.1 Å². The van der Waals surface area contributed by atoms with E-state index in [1.54, 1.807) is 6.33 Å². The molecule has 0 bridgehead atoms. The molecule has 1 aliphatic heterocycles. The van der Waals surface area contributed by atoms with Crippen LogP contribution in [0.5, 0.6) is 0 Å². The van der Waals surface area contributed by atoms with Crippen LogP contribution in [0.3, 0.4) is 0 Å². The average Bonchev–Trinajstić information content (AvgIpc) is 2.53. The zero-order chi connectivity index (χ0) is 13.9. The second kappa shape index (κ2) is 5.51. The van der Waals surface area contributed by atoms with E-state index in [-0.39, 0.29) is 0 Å². The first-order valence-electron chi connectivity index (χ1n) is 6.44. The Morgan fingerprint density at radius 3 is 2.80 bits per heavy atom. The number of fused-ring (bicyclic) bond motifs is 1. The molecule has 0 spiro atoms. The van der Waals surface area contributed by atoms with Gasteiger partial charge in [-0.05, 0) is 23.8 Å².